The van der Waals surface area contributed by atoms with Crippen LogP contribution in [-0.4, -0.2) is 41.2 Å². The molecule has 0 saturated carbocycles. The van der Waals surface area contributed by atoms with Gasteiger partial charge in [-0.2, -0.15) is 0 Å². The van der Waals surface area contributed by atoms with E-state index in [2.05, 4.69) is 10.6 Å². The first-order valence-corrected chi connectivity index (χ1v) is 10.3. The van der Waals surface area contributed by atoms with Crippen LogP contribution in [-0.2, 0) is 16.1 Å². The van der Waals surface area contributed by atoms with Crippen LogP contribution in [0, 0.1) is 0 Å². The van der Waals surface area contributed by atoms with Crippen molar-refractivity contribution < 1.29 is 23.9 Å². The molecule has 0 radical (unpaired) electrons. The molecule has 2 aromatic rings. The number of nitrogens with one attached hydrogen (secondary N) is 2. The van der Waals surface area contributed by atoms with Crippen molar-refractivity contribution in [2.45, 2.75) is 37.9 Å². The lowest BCUT2D eigenvalue weighted by Gasteiger charge is -2.29. The lowest BCUT2D eigenvalue weighted by molar-refractivity contribution is -0.136. The molecule has 1 fully saturated rings. The van der Waals surface area contributed by atoms with E-state index >= 15 is 0 Å². The number of carbonyl (C=O) groups is 4. The molecule has 2 aromatic carbocycles. The summed E-state index contributed by atoms with van der Waals surface area (Å²) in [6, 6.07) is 11.8. The molecule has 0 aromatic heterocycles. The van der Waals surface area contributed by atoms with Gasteiger partial charge in [0.15, 0.2) is 0 Å². The third kappa shape index (κ3) is 3.43. The predicted molar refractivity (Wildman–Crippen MR) is 109 cm³/mol. The molecule has 0 aliphatic carbocycles. The van der Waals surface area contributed by atoms with Crippen molar-refractivity contribution in [1.29, 1.82) is 0 Å². The molecule has 3 aliphatic rings. The first kappa shape index (κ1) is 19.3. The lowest BCUT2D eigenvalue weighted by atomic mass is 9.99. The van der Waals surface area contributed by atoms with Gasteiger partial charge in [0.1, 0.15) is 11.8 Å². The van der Waals surface area contributed by atoms with Crippen molar-refractivity contribution in [1.82, 2.24) is 15.5 Å². The Balaban J connectivity index is 1.33. The molecule has 1 saturated heterocycles. The van der Waals surface area contributed by atoms with Crippen LogP contribution >= 0.6 is 0 Å². The van der Waals surface area contributed by atoms with Gasteiger partial charge in [-0.3, -0.25) is 24.5 Å². The summed E-state index contributed by atoms with van der Waals surface area (Å²) in [7, 11) is 0. The van der Waals surface area contributed by atoms with Gasteiger partial charge in [-0.15, -0.1) is 0 Å². The Kier molecular flexibility index (Phi) is 4.69. The number of fused-ring (bicyclic) bond motifs is 2. The normalized spacial score (nSPS) is 22.3. The summed E-state index contributed by atoms with van der Waals surface area (Å²) in [4.78, 5) is 50.8. The molecule has 4 amide bonds. The van der Waals surface area contributed by atoms with Crippen LogP contribution in [0.2, 0.25) is 0 Å². The molecule has 3 aliphatic heterocycles. The number of para-hydroxylation sites is 1. The number of amides is 4. The van der Waals surface area contributed by atoms with Gasteiger partial charge in [0, 0.05) is 36.1 Å². The van der Waals surface area contributed by atoms with E-state index in [9.17, 15) is 19.2 Å². The highest BCUT2D eigenvalue weighted by Gasteiger charge is 2.39. The Morgan fingerprint density at radius 2 is 1.94 bits per heavy atom. The molecule has 2 N–H and O–H groups in total. The van der Waals surface area contributed by atoms with Crippen LogP contribution in [0.5, 0.6) is 5.75 Å². The number of hydrogen-bond donors (Lipinski definition) is 2. The summed E-state index contributed by atoms with van der Waals surface area (Å²) >= 11 is 0. The minimum absolute atomic E-state index is 0.146. The fraction of sp³-hybridized carbons (Fsp3) is 0.304. The van der Waals surface area contributed by atoms with Crippen LogP contribution in [0.3, 0.4) is 0 Å². The zero-order valence-corrected chi connectivity index (χ0v) is 16.7. The molecular weight excluding hydrogens is 398 g/mol. The number of piperidine rings is 1. The van der Waals surface area contributed by atoms with E-state index in [-0.39, 0.29) is 36.7 Å². The van der Waals surface area contributed by atoms with Crippen molar-refractivity contribution in [2.75, 3.05) is 6.61 Å². The summed E-state index contributed by atoms with van der Waals surface area (Å²) < 4.78 is 5.65. The van der Waals surface area contributed by atoms with Crippen molar-refractivity contribution >= 4 is 23.6 Å². The number of carbonyl (C=O) groups excluding carboxylic acids is 4. The number of hydrogen-bond acceptors (Lipinski definition) is 5. The Bertz CT molecular complexity index is 1110. The van der Waals surface area contributed by atoms with Gasteiger partial charge in [0.05, 0.1) is 12.6 Å². The predicted octanol–water partition coefficient (Wildman–Crippen LogP) is 1.70. The highest BCUT2D eigenvalue weighted by Crippen LogP contribution is 2.32. The van der Waals surface area contributed by atoms with E-state index in [1.807, 2.05) is 24.3 Å². The number of nitrogens with zero attached hydrogens (tertiary/aromatic N) is 1. The third-order valence-electron chi connectivity index (χ3n) is 6.05. The summed E-state index contributed by atoms with van der Waals surface area (Å²) in [5, 5.41) is 5.35. The average molecular weight is 419 g/mol. The largest absolute Gasteiger partial charge is 0.493 e. The fourth-order valence-electron chi connectivity index (χ4n) is 4.45. The highest BCUT2D eigenvalue weighted by atomic mass is 16.5. The van der Waals surface area contributed by atoms with Crippen LogP contribution < -0.4 is 15.4 Å². The van der Waals surface area contributed by atoms with E-state index in [1.165, 1.54) is 4.90 Å². The third-order valence-corrected chi connectivity index (χ3v) is 6.05. The number of rotatable bonds is 3. The quantitative estimate of drug-likeness (QED) is 0.737. The zero-order chi connectivity index (χ0) is 21.5. The average Bonchev–Trinajstić information content (AvgIpc) is 3.09. The SMILES string of the molecule is O=C1CCC(N2Cc3cc(C(=O)N[C@@H]4CCOc5ccccc54)ccc3C2=O)C(=O)N1. The van der Waals surface area contributed by atoms with Gasteiger partial charge >= 0.3 is 0 Å². The number of imide groups is 1. The minimum Gasteiger partial charge on any atom is -0.493 e. The maximum Gasteiger partial charge on any atom is 0.255 e. The molecule has 2 atom stereocenters. The maximum absolute atomic E-state index is 12.9. The van der Waals surface area contributed by atoms with Crippen molar-refractivity contribution in [3.8, 4) is 5.75 Å². The smallest absolute Gasteiger partial charge is 0.255 e. The van der Waals surface area contributed by atoms with E-state index in [0.717, 1.165) is 11.3 Å². The van der Waals surface area contributed by atoms with Gasteiger partial charge in [0.2, 0.25) is 11.8 Å². The molecule has 1 unspecified atom stereocenters. The second-order valence-corrected chi connectivity index (χ2v) is 7.97. The molecule has 158 valence electrons. The first-order valence-electron chi connectivity index (χ1n) is 10.3. The Morgan fingerprint density at radius 1 is 1.10 bits per heavy atom. The minimum atomic E-state index is -0.673. The summed E-state index contributed by atoms with van der Waals surface area (Å²) in [5.41, 5.74) is 2.59. The monoisotopic (exact) mass is 419 g/mol. The van der Waals surface area contributed by atoms with E-state index in [1.54, 1.807) is 18.2 Å². The lowest BCUT2D eigenvalue weighted by Crippen LogP contribution is -2.52. The second kappa shape index (κ2) is 7.54. The van der Waals surface area contributed by atoms with Gasteiger partial charge in [-0.05, 0) is 36.2 Å². The zero-order valence-electron chi connectivity index (χ0n) is 16.7. The van der Waals surface area contributed by atoms with Crippen LogP contribution in [0.4, 0.5) is 0 Å². The Labute approximate surface area is 178 Å². The van der Waals surface area contributed by atoms with Crippen LogP contribution in [0.25, 0.3) is 0 Å². The van der Waals surface area contributed by atoms with Crippen molar-refractivity contribution in [3.05, 3.63) is 64.7 Å². The molecule has 0 bridgehead atoms. The Morgan fingerprint density at radius 3 is 2.77 bits per heavy atom. The Hall–Kier alpha value is -3.68. The number of ether oxygens (including phenoxy) is 1. The molecule has 0 spiro atoms. The maximum atomic E-state index is 12.9. The molecule has 5 rings (SSSR count). The molecule has 8 heteroatoms. The summed E-state index contributed by atoms with van der Waals surface area (Å²) in [5.74, 6) is -0.475. The van der Waals surface area contributed by atoms with Gasteiger partial charge < -0.3 is 15.0 Å². The summed E-state index contributed by atoms with van der Waals surface area (Å²) in [6.45, 7) is 0.767. The highest BCUT2D eigenvalue weighted by molar-refractivity contribution is 6.06. The van der Waals surface area contributed by atoms with Crippen LogP contribution in [0.1, 0.15) is 57.1 Å². The molecule has 31 heavy (non-hydrogen) atoms. The van der Waals surface area contributed by atoms with Gasteiger partial charge in [-0.25, -0.2) is 0 Å². The van der Waals surface area contributed by atoms with E-state index < -0.39 is 11.9 Å². The van der Waals surface area contributed by atoms with Gasteiger partial charge in [-0.1, -0.05) is 18.2 Å². The summed E-state index contributed by atoms with van der Waals surface area (Å²) in [6.07, 6.45) is 1.19. The molecule has 3 heterocycles. The van der Waals surface area contributed by atoms with Crippen molar-refractivity contribution in [2.24, 2.45) is 0 Å². The van der Waals surface area contributed by atoms with E-state index in [4.69, 9.17) is 4.74 Å². The number of benzene rings is 2. The molecule has 8 nitrogen and oxygen atoms in total. The first-order chi connectivity index (χ1) is 15.0. The van der Waals surface area contributed by atoms with Gasteiger partial charge in [0.25, 0.3) is 11.8 Å². The van der Waals surface area contributed by atoms with Crippen molar-refractivity contribution in [3.63, 3.8) is 0 Å². The van der Waals surface area contributed by atoms with Crippen LogP contribution in [0.15, 0.2) is 42.5 Å². The second-order valence-electron chi connectivity index (χ2n) is 7.97. The molecular formula is C23H21N3O5. The van der Waals surface area contributed by atoms with E-state index in [0.29, 0.717) is 36.1 Å². The topological polar surface area (TPSA) is 105 Å². The standard InChI is InChI=1S/C23H21N3O5/c27-20-8-7-18(22(29)25-20)26-12-14-11-13(5-6-15(14)23(26)30)21(28)24-17-9-10-31-19-4-2-1-3-16(17)19/h1-6,11,17-18H,7-10,12H2,(H,24,28)(H,25,27,29)/t17-,18?/m1/s1. The fourth-order valence-corrected chi connectivity index (χ4v) is 4.45.